The molecule has 0 saturated heterocycles. The van der Waals surface area contributed by atoms with Gasteiger partial charge in [0.2, 0.25) is 0 Å². The number of carbonyl (C=O) groups excluding carboxylic acids is 2. The first-order valence-corrected chi connectivity index (χ1v) is 8.75. The summed E-state index contributed by atoms with van der Waals surface area (Å²) in [7, 11) is 0. The molecule has 3 aromatic rings. The van der Waals surface area contributed by atoms with Crippen molar-refractivity contribution in [2.45, 2.75) is 0 Å². The van der Waals surface area contributed by atoms with Gasteiger partial charge in [0.05, 0.1) is 21.3 Å². The predicted octanol–water partition coefficient (Wildman–Crippen LogP) is 6.13. The molecular formula is C20H12Cl3NO2. The van der Waals surface area contributed by atoms with Gasteiger partial charge in [-0.2, -0.15) is 0 Å². The number of ketones is 1. The minimum atomic E-state index is -0.425. The van der Waals surface area contributed by atoms with Crippen LogP contribution < -0.4 is 5.32 Å². The molecule has 0 bridgehead atoms. The second-order valence-electron chi connectivity index (χ2n) is 5.43. The SMILES string of the molecule is O=C(Nc1ccc(Cl)cc1C(=O)c1ccccc1Cl)c1ccccc1Cl. The van der Waals surface area contributed by atoms with E-state index in [1.54, 1.807) is 60.7 Å². The third-order valence-electron chi connectivity index (χ3n) is 3.71. The van der Waals surface area contributed by atoms with Gasteiger partial charge in [0.15, 0.2) is 5.78 Å². The summed E-state index contributed by atoms with van der Waals surface area (Å²) in [5.41, 5.74) is 1.19. The average molecular weight is 405 g/mol. The van der Waals surface area contributed by atoms with Gasteiger partial charge in [-0.15, -0.1) is 0 Å². The highest BCUT2D eigenvalue weighted by atomic mass is 35.5. The number of carbonyl (C=O) groups is 2. The Hall–Kier alpha value is -2.33. The zero-order valence-electron chi connectivity index (χ0n) is 13.3. The van der Waals surface area contributed by atoms with E-state index in [1.165, 1.54) is 6.07 Å². The van der Waals surface area contributed by atoms with E-state index in [1.807, 2.05) is 0 Å². The van der Waals surface area contributed by atoms with Gasteiger partial charge in [0.1, 0.15) is 0 Å². The van der Waals surface area contributed by atoms with Crippen molar-refractivity contribution >= 4 is 52.2 Å². The summed E-state index contributed by atoms with van der Waals surface area (Å²) in [4.78, 5) is 25.4. The smallest absolute Gasteiger partial charge is 0.257 e. The number of nitrogens with one attached hydrogen (secondary N) is 1. The van der Waals surface area contributed by atoms with E-state index in [9.17, 15) is 9.59 Å². The lowest BCUT2D eigenvalue weighted by molar-refractivity contribution is 0.102. The summed E-state index contributed by atoms with van der Waals surface area (Å²) < 4.78 is 0. The molecule has 3 nitrogen and oxygen atoms in total. The van der Waals surface area contributed by atoms with E-state index in [0.717, 1.165) is 0 Å². The van der Waals surface area contributed by atoms with Crippen molar-refractivity contribution in [1.29, 1.82) is 0 Å². The fraction of sp³-hybridized carbons (Fsp3) is 0. The number of halogens is 3. The van der Waals surface area contributed by atoms with Gasteiger partial charge in [-0.1, -0.05) is 59.1 Å². The van der Waals surface area contributed by atoms with Crippen LogP contribution in [0.5, 0.6) is 0 Å². The lowest BCUT2D eigenvalue weighted by Crippen LogP contribution is -2.15. The largest absolute Gasteiger partial charge is 0.321 e. The second-order valence-corrected chi connectivity index (χ2v) is 6.68. The molecule has 0 heterocycles. The Bertz CT molecular complexity index is 1000. The van der Waals surface area contributed by atoms with Crippen LogP contribution in [0.2, 0.25) is 15.1 Å². The van der Waals surface area contributed by atoms with Crippen LogP contribution in [-0.2, 0) is 0 Å². The summed E-state index contributed by atoms with van der Waals surface area (Å²) in [6.07, 6.45) is 0. The molecule has 3 rings (SSSR count). The van der Waals surface area contributed by atoms with Crippen LogP contribution in [0.25, 0.3) is 0 Å². The van der Waals surface area contributed by atoms with Gasteiger partial charge in [0.25, 0.3) is 5.91 Å². The molecule has 0 unspecified atom stereocenters. The molecule has 130 valence electrons. The third-order valence-corrected chi connectivity index (χ3v) is 4.61. The van der Waals surface area contributed by atoms with Crippen molar-refractivity contribution in [3.63, 3.8) is 0 Å². The Labute approximate surface area is 165 Å². The number of rotatable bonds is 4. The van der Waals surface area contributed by atoms with Crippen molar-refractivity contribution in [1.82, 2.24) is 0 Å². The molecule has 0 aliphatic heterocycles. The first-order chi connectivity index (χ1) is 12.5. The zero-order valence-corrected chi connectivity index (χ0v) is 15.6. The van der Waals surface area contributed by atoms with Crippen molar-refractivity contribution in [2.24, 2.45) is 0 Å². The van der Waals surface area contributed by atoms with Gasteiger partial charge < -0.3 is 5.32 Å². The molecule has 26 heavy (non-hydrogen) atoms. The topological polar surface area (TPSA) is 46.2 Å². The first-order valence-electron chi connectivity index (χ1n) is 7.62. The summed E-state index contributed by atoms with van der Waals surface area (Å²) in [5.74, 6) is -0.765. The van der Waals surface area contributed by atoms with Crippen molar-refractivity contribution in [3.8, 4) is 0 Å². The van der Waals surface area contributed by atoms with Crippen LogP contribution in [0.4, 0.5) is 5.69 Å². The molecule has 0 aliphatic rings. The van der Waals surface area contributed by atoms with E-state index in [-0.39, 0.29) is 11.3 Å². The Morgan fingerprint density at radius 1 is 0.692 bits per heavy atom. The van der Waals surface area contributed by atoms with E-state index in [4.69, 9.17) is 34.8 Å². The Kier molecular flexibility index (Phi) is 5.62. The van der Waals surface area contributed by atoms with E-state index < -0.39 is 5.91 Å². The molecule has 1 amide bonds. The van der Waals surface area contributed by atoms with Crippen LogP contribution in [0.1, 0.15) is 26.3 Å². The number of hydrogen-bond donors (Lipinski definition) is 1. The molecule has 1 N–H and O–H groups in total. The molecule has 0 aliphatic carbocycles. The molecule has 3 aromatic carbocycles. The molecule has 0 fully saturated rings. The predicted molar refractivity (Wildman–Crippen MR) is 106 cm³/mol. The minimum absolute atomic E-state index is 0.242. The molecule has 6 heteroatoms. The number of amides is 1. The number of hydrogen-bond acceptors (Lipinski definition) is 2. The zero-order chi connectivity index (χ0) is 18.7. The van der Waals surface area contributed by atoms with Gasteiger partial charge >= 0.3 is 0 Å². The minimum Gasteiger partial charge on any atom is -0.321 e. The molecule has 0 spiro atoms. The highest BCUT2D eigenvalue weighted by Crippen LogP contribution is 2.27. The summed E-state index contributed by atoms with van der Waals surface area (Å²) in [6, 6.07) is 18.0. The van der Waals surface area contributed by atoms with Gasteiger partial charge in [-0.3, -0.25) is 9.59 Å². The second kappa shape index (κ2) is 7.92. The van der Waals surface area contributed by atoms with E-state index in [0.29, 0.717) is 31.9 Å². The highest BCUT2D eigenvalue weighted by molar-refractivity contribution is 6.36. The fourth-order valence-corrected chi connectivity index (χ4v) is 3.05. The van der Waals surface area contributed by atoms with Crippen LogP contribution in [0, 0.1) is 0 Å². The van der Waals surface area contributed by atoms with Crippen molar-refractivity contribution in [3.05, 3.63) is 98.5 Å². The summed E-state index contributed by atoms with van der Waals surface area (Å²) in [6.45, 7) is 0. The van der Waals surface area contributed by atoms with Crippen molar-refractivity contribution in [2.75, 3.05) is 5.32 Å². The number of benzene rings is 3. The number of anilines is 1. The quantitative estimate of drug-likeness (QED) is 0.532. The van der Waals surface area contributed by atoms with Crippen LogP contribution in [0.3, 0.4) is 0 Å². The maximum Gasteiger partial charge on any atom is 0.257 e. The summed E-state index contributed by atoms with van der Waals surface area (Å²) >= 11 is 18.2. The Morgan fingerprint density at radius 3 is 1.88 bits per heavy atom. The van der Waals surface area contributed by atoms with Crippen LogP contribution in [0.15, 0.2) is 66.7 Å². The van der Waals surface area contributed by atoms with E-state index >= 15 is 0 Å². The third kappa shape index (κ3) is 3.91. The van der Waals surface area contributed by atoms with Gasteiger partial charge in [-0.05, 0) is 42.5 Å². The van der Waals surface area contributed by atoms with E-state index in [2.05, 4.69) is 5.32 Å². The highest BCUT2D eigenvalue weighted by Gasteiger charge is 2.19. The first kappa shape index (κ1) is 18.5. The maximum atomic E-state index is 12.9. The molecule has 0 saturated carbocycles. The van der Waals surface area contributed by atoms with Crippen molar-refractivity contribution < 1.29 is 9.59 Å². The lowest BCUT2D eigenvalue weighted by Gasteiger charge is -2.12. The average Bonchev–Trinajstić information content (AvgIpc) is 2.63. The van der Waals surface area contributed by atoms with Gasteiger partial charge in [0, 0.05) is 16.1 Å². The molecule has 0 radical (unpaired) electrons. The van der Waals surface area contributed by atoms with Crippen LogP contribution in [-0.4, -0.2) is 11.7 Å². The lowest BCUT2D eigenvalue weighted by atomic mass is 10.0. The summed E-state index contributed by atoms with van der Waals surface area (Å²) in [5, 5.41) is 3.73. The maximum absolute atomic E-state index is 12.9. The Morgan fingerprint density at radius 2 is 1.27 bits per heavy atom. The molecule has 0 aromatic heterocycles. The molecular weight excluding hydrogens is 393 g/mol. The standard InChI is InChI=1S/C20H12Cl3NO2/c21-12-9-10-18(24-20(26)14-6-2-4-8-17(14)23)15(11-12)19(25)13-5-1-3-7-16(13)22/h1-11H,(H,24,26). The fourth-order valence-electron chi connectivity index (χ4n) is 2.44. The molecule has 0 atom stereocenters. The normalized spacial score (nSPS) is 10.4. The van der Waals surface area contributed by atoms with Crippen LogP contribution >= 0.6 is 34.8 Å². The monoisotopic (exact) mass is 403 g/mol. The Balaban J connectivity index is 1.99. The van der Waals surface area contributed by atoms with Gasteiger partial charge in [-0.25, -0.2) is 0 Å².